The number of rotatable bonds is 5. The van der Waals surface area contributed by atoms with Crippen LogP contribution >= 0.6 is 12.2 Å². The number of hydrogen-bond donors (Lipinski definition) is 1. The molecule has 0 aliphatic carbocycles. The van der Waals surface area contributed by atoms with Gasteiger partial charge in [-0.2, -0.15) is 8.78 Å². The van der Waals surface area contributed by atoms with Crippen molar-refractivity contribution in [3.05, 3.63) is 70.9 Å². The highest BCUT2D eigenvalue weighted by atomic mass is 32.1. The van der Waals surface area contributed by atoms with E-state index in [2.05, 4.69) is 10.1 Å². The highest BCUT2D eigenvalue weighted by molar-refractivity contribution is 7.80. The number of hydrogen-bond acceptors (Lipinski definition) is 4. The Kier molecular flexibility index (Phi) is 6.12. The molecule has 0 amide bonds. The van der Waals surface area contributed by atoms with Crippen molar-refractivity contribution in [2.45, 2.75) is 26.5 Å². The van der Waals surface area contributed by atoms with Crippen LogP contribution in [0.15, 0.2) is 59.8 Å². The highest BCUT2D eigenvalue weighted by Crippen LogP contribution is 2.38. The number of allylic oxidation sites excluding steroid dienone is 1. The molecule has 1 heterocycles. The van der Waals surface area contributed by atoms with Gasteiger partial charge in [-0.25, -0.2) is 4.79 Å². The Hall–Kier alpha value is -3.00. The van der Waals surface area contributed by atoms with E-state index >= 15 is 0 Å². The van der Waals surface area contributed by atoms with Crippen LogP contribution < -0.4 is 15.0 Å². The Morgan fingerprint density at radius 1 is 1.17 bits per heavy atom. The van der Waals surface area contributed by atoms with Crippen LogP contribution in [0.5, 0.6) is 5.75 Å². The van der Waals surface area contributed by atoms with Crippen LogP contribution in [0.3, 0.4) is 0 Å². The third-order valence-electron chi connectivity index (χ3n) is 4.60. The molecule has 0 radical (unpaired) electrons. The molecule has 0 unspecified atom stereocenters. The summed E-state index contributed by atoms with van der Waals surface area (Å²) >= 11 is 5.55. The van der Waals surface area contributed by atoms with Gasteiger partial charge in [0.25, 0.3) is 0 Å². The Labute approximate surface area is 172 Å². The lowest BCUT2D eigenvalue weighted by atomic mass is 9.94. The fourth-order valence-corrected chi connectivity index (χ4v) is 3.71. The maximum Gasteiger partial charge on any atom is 0.387 e. The van der Waals surface area contributed by atoms with Gasteiger partial charge < -0.3 is 14.8 Å². The molecule has 0 saturated heterocycles. The summed E-state index contributed by atoms with van der Waals surface area (Å²) < 4.78 is 35.4. The van der Waals surface area contributed by atoms with Gasteiger partial charge in [-0.05, 0) is 49.8 Å². The first-order valence-corrected chi connectivity index (χ1v) is 9.24. The van der Waals surface area contributed by atoms with E-state index in [9.17, 15) is 13.6 Å². The van der Waals surface area contributed by atoms with Crippen molar-refractivity contribution in [1.82, 2.24) is 5.32 Å². The van der Waals surface area contributed by atoms with Gasteiger partial charge in [-0.1, -0.05) is 30.3 Å². The molecule has 0 fully saturated rings. The Morgan fingerprint density at radius 3 is 2.55 bits per heavy atom. The number of ether oxygens (including phenoxy) is 2. The van der Waals surface area contributed by atoms with Gasteiger partial charge in [0.2, 0.25) is 0 Å². The molecule has 29 heavy (non-hydrogen) atoms. The van der Waals surface area contributed by atoms with E-state index in [0.717, 1.165) is 11.3 Å². The quantitative estimate of drug-likeness (QED) is 0.571. The van der Waals surface area contributed by atoms with E-state index in [0.29, 0.717) is 16.4 Å². The van der Waals surface area contributed by atoms with E-state index in [1.807, 2.05) is 31.2 Å². The Balaban J connectivity index is 2.16. The normalized spacial score (nSPS) is 16.7. The third-order valence-corrected chi connectivity index (χ3v) is 4.90. The lowest BCUT2D eigenvalue weighted by molar-refractivity contribution is -0.136. The Bertz CT molecular complexity index is 978. The minimum absolute atomic E-state index is 0.0407. The summed E-state index contributed by atoms with van der Waals surface area (Å²) in [4.78, 5) is 14.4. The molecule has 3 rings (SSSR count). The number of nitrogens with zero attached hydrogens (tertiary/aromatic N) is 1. The maximum atomic E-state index is 12.9. The van der Waals surface area contributed by atoms with E-state index in [1.54, 1.807) is 30.0 Å². The minimum atomic E-state index is -3.00. The summed E-state index contributed by atoms with van der Waals surface area (Å²) in [7, 11) is 1.27. The van der Waals surface area contributed by atoms with Crippen LogP contribution in [-0.2, 0) is 9.53 Å². The topological polar surface area (TPSA) is 50.8 Å². The molecule has 0 spiro atoms. The zero-order chi connectivity index (χ0) is 21.1. The fourth-order valence-electron chi connectivity index (χ4n) is 3.35. The minimum Gasteiger partial charge on any atom is -0.466 e. The third kappa shape index (κ3) is 4.22. The molecule has 1 aliphatic rings. The van der Waals surface area contributed by atoms with Crippen molar-refractivity contribution < 1.29 is 23.0 Å². The fraction of sp³-hybridized carbons (Fsp3) is 0.238. The molecular weight excluding hydrogens is 398 g/mol. The number of anilines is 1. The summed E-state index contributed by atoms with van der Waals surface area (Å²) in [5.74, 6) is -0.631. The monoisotopic (exact) mass is 418 g/mol. The predicted molar refractivity (Wildman–Crippen MR) is 110 cm³/mol. The highest BCUT2D eigenvalue weighted by Gasteiger charge is 2.36. The molecule has 0 aromatic heterocycles. The van der Waals surface area contributed by atoms with Gasteiger partial charge in [0, 0.05) is 16.9 Å². The van der Waals surface area contributed by atoms with E-state index in [4.69, 9.17) is 17.0 Å². The first-order valence-electron chi connectivity index (χ1n) is 8.83. The number of para-hydroxylation sites is 1. The van der Waals surface area contributed by atoms with Crippen LogP contribution in [-0.4, -0.2) is 24.8 Å². The maximum absolute atomic E-state index is 12.9. The number of alkyl halides is 2. The molecule has 2 aromatic rings. The van der Waals surface area contributed by atoms with Crippen LogP contribution in [0.4, 0.5) is 14.5 Å². The zero-order valence-electron chi connectivity index (χ0n) is 16.1. The SMILES string of the molecule is COC(=O)C1=C(C)N(c2cccc(C)c2)C(=S)N[C@@H]1c1ccccc1OC(F)F. The average molecular weight is 418 g/mol. The van der Waals surface area contributed by atoms with Gasteiger partial charge in [0.1, 0.15) is 5.75 Å². The second kappa shape index (κ2) is 8.57. The van der Waals surface area contributed by atoms with Crippen molar-refractivity contribution in [1.29, 1.82) is 0 Å². The summed E-state index contributed by atoms with van der Waals surface area (Å²) in [5.41, 5.74) is 2.96. The number of carbonyl (C=O) groups excluding carboxylic acids is 1. The van der Waals surface area contributed by atoms with Gasteiger partial charge in [0.05, 0.1) is 18.7 Å². The molecule has 1 atom stereocenters. The number of thiocarbonyl (C=S) groups is 1. The van der Waals surface area contributed by atoms with Crippen molar-refractivity contribution in [2.24, 2.45) is 0 Å². The Morgan fingerprint density at radius 2 is 1.90 bits per heavy atom. The van der Waals surface area contributed by atoms with Crippen molar-refractivity contribution in [3.63, 3.8) is 0 Å². The standard InChI is InChI=1S/C21H20F2N2O3S/c1-12-7-6-8-14(11-12)25-13(2)17(19(26)27-3)18(24-21(25)29)15-9-4-5-10-16(15)28-20(22)23/h4-11,18,20H,1-3H3,(H,24,29)/t18-/m1/s1. The molecule has 1 aliphatic heterocycles. The van der Waals surface area contributed by atoms with Gasteiger partial charge in [-0.3, -0.25) is 4.90 Å². The summed E-state index contributed by atoms with van der Waals surface area (Å²) in [6, 6.07) is 13.1. The number of methoxy groups -OCH3 is 1. The van der Waals surface area contributed by atoms with Crippen molar-refractivity contribution >= 4 is 29.0 Å². The number of halogens is 2. The average Bonchev–Trinajstić information content (AvgIpc) is 2.67. The van der Waals surface area contributed by atoms with Crippen LogP contribution in [0.25, 0.3) is 0 Å². The zero-order valence-corrected chi connectivity index (χ0v) is 16.9. The van der Waals surface area contributed by atoms with Gasteiger partial charge in [0.15, 0.2) is 5.11 Å². The first kappa shape index (κ1) is 20.7. The molecule has 152 valence electrons. The molecule has 2 aromatic carbocycles. The molecule has 0 bridgehead atoms. The first-order chi connectivity index (χ1) is 13.8. The summed E-state index contributed by atoms with van der Waals surface area (Å²) in [6.45, 7) is 0.693. The molecule has 0 saturated carbocycles. The number of nitrogens with one attached hydrogen (secondary N) is 1. The molecule has 8 heteroatoms. The van der Waals surface area contributed by atoms with Crippen LogP contribution in [0.1, 0.15) is 24.1 Å². The number of aryl methyl sites for hydroxylation is 1. The van der Waals surface area contributed by atoms with Gasteiger partial charge in [-0.15, -0.1) is 0 Å². The smallest absolute Gasteiger partial charge is 0.387 e. The van der Waals surface area contributed by atoms with Crippen LogP contribution in [0, 0.1) is 6.92 Å². The lowest BCUT2D eigenvalue weighted by Crippen LogP contribution is -2.48. The molecule has 5 nitrogen and oxygen atoms in total. The summed E-state index contributed by atoms with van der Waals surface area (Å²) in [5, 5.41) is 3.41. The van der Waals surface area contributed by atoms with Crippen molar-refractivity contribution in [3.8, 4) is 5.75 Å². The molecule has 1 N–H and O–H groups in total. The summed E-state index contributed by atoms with van der Waals surface area (Å²) in [6.07, 6.45) is 0. The predicted octanol–water partition coefficient (Wildman–Crippen LogP) is 4.48. The number of benzene rings is 2. The number of esters is 1. The number of carbonyl (C=O) groups is 1. The van der Waals surface area contributed by atoms with E-state index in [1.165, 1.54) is 13.2 Å². The van der Waals surface area contributed by atoms with E-state index < -0.39 is 18.6 Å². The van der Waals surface area contributed by atoms with Crippen molar-refractivity contribution in [2.75, 3.05) is 12.0 Å². The second-order valence-electron chi connectivity index (χ2n) is 6.46. The van der Waals surface area contributed by atoms with E-state index in [-0.39, 0.29) is 11.3 Å². The van der Waals surface area contributed by atoms with Crippen LogP contribution in [0.2, 0.25) is 0 Å². The largest absolute Gasteiger partial charge is 0.466 e. The lowest BCUT2D eigenvalue weighted by Gasteiger charge is -2.37. The second-order valence-corrected chi connectivity index (χ2v) is 6.85. The molecular formula is C21H20F2N2O3S. The van der Waals surface area contributed by atoms with Gasteiger partial charge >= 0.3 is 12.6 Å².